The van der Waals surface area contributed by atoms with Crippen molar-refractivity contribution in [3.63, 3.8) is 0 Å². The van der Waals surface area contributed by atoms with Crippen molar-refractivity contribution in [2.24, 2.45) is 0 Å². The summed E-state index contributed by atoms with van der Waals surface area (Å²) < 4.78 is 27.7. The fourth-order valence-electron chi connectivity index (χ4n) is 2.77. The molecule has 156 valence electrons. The molecular formula is C22H20Cl2N2O3S. The van der Waals surface area contributed by atoms with Crippen molar-refractivity contribution in [1.82, 2.24) is 0 Å². The molecular weight excluding hydrogens is 443 g/mol. The highest BCUT2D eigenvalue weighted by Crippen LogP contribution is 2.26. The van der Waals surface area contributed by atoms with Crippen LogP contribution in [0.3, 0.4) is 0 Å². The molecule has 0 radical (unpaired) electrons. The van der Waals surface area contributed by atoms with Gasteiger partial charge in [0, 0.05) is 5.69 Å². The summed E-state index contributed by atoms with van der Waals surface area (Å²) in [6.07, 6.45) is 0. The van der Waals surface area contributed by atoms with E-state index in [1.807, 2.05) is 13.8 Å². The largest absolute Gasteiger partial charge is 0.324 e. The lowest BCUT2D eigenvalue weighted by molar-refractivity contribution is -0.114. The monoisotopic (exact) mass is 462 g/mol. The topological polar surface area (TPSA) is 66.5 Å². The highest BCUT2D eigenvalue weighted by atomic mass is 35.5. The second kappa shape index (κ2) is 9.08. The Balaban J connectivity index is 1.93. The number of carbonyl (C=O) groups excluding carboxylic acids is 1. The average molecular weight is 463 g/mol. The van der Waals surface area contributed by atoms with E-state index < -0.39 is 22.5 Å². The zero-order chi connectivity index (χ0) is 21.9. The van der Waals surface area contributed by atoms with Gasteiger partial charge in [0.2, 0.25) is 5.91 Å². The molecule has 5 nitrogen and oxygen atoms in total. The van der Waals surface area contributed by atoms with Crippen molar-refractivity contribution in [2.45, 2.75) is 18.7 Å². The van der Waals surface area contributed by atoms with E-state index in [0.717, 1.165) is 15.4 Å². The van der Waals surface area contributed by atoms with Crippen molar-refractivity contribution in [1.29, 1.82) is 0 Å². The number of benzene rings is 3. The molecule has 0 unspecified atom stereocenters. The first kappa shape index (κ1) is 22.2. The molecule has 3 aromatic rings. The van der Waals surface area contributed by atoms with Crippen LogP contribution in [0.15, 0.2) is 71.6 Å². The van der Waals surface area contributed by atoms with Crippen LogP contribution in [0.25, 0.3) is 0 Å². The van der Waals surface area contributed by atoms with Gasteiger partial charge in [0.25, 0.3) is 10.0 Å². The number of nitrogens with one attached hydrogen (secondary N) is 1. The third kappa shape index (κ3) is 5.14. The van der Waals surface area contributed by atoms with E-state index in [0.29, 0.717) is 16.4 Å². The highest BCUT2D eigenvalue weighted by Gasteiger charge is 2.27. The molecule has 1 amide bonds. The van der Waals surface area contributed by atoms with E-state index in [4.69, 9.17) is 23.2 Å². The Morgan fingerprint density at radius 3 is 2.00 bits per heavy atom. The number of anilines is 2. The minimum absolute atomic E-state index is 0.107. The van der Waals surface area contributed by atoms with Crippen molar-refractivity contribution >= 4 is 50.5 Å². The number of hydrogen-bond acceptors (Lipinski definition) is 3. The van der Waals surface area contributed by atoms with Gasteiger partial charge >= 0.3 is 0 Å². The zero-order valence-electron chi connectivity index (χ0n) is 16.4. The van der Waals surface area contributed by atoms with Crippen molar-refractivity contribution in [3.8, 4) is 0 Å². The summed E-state index contributed by atoms with van der Waals surface area (Å²) in [4.78, 5) is 12.8. The Morgan fingerprint density at radius 2 is 1.43 bits per heavy atom. The van der Waals surface area contributed by atoms with Gasteiger partial charge < -0.3 is 5.32 Å². The molecule has 0 aromatic heterocycles. The Morgan fingerprint density at radius 1 is 0.867 bits per heavy atom. The summed E-state index contributed by atoms with van der Waals surface area (Å²) in [5.41, 5.74) is 2.73. The summed E-state index contributed by atoms with van der Waals surface area (Å²) in [5, 5.41) is 3.31. The highest BCUT2D eigenvalue weighted by molar-refractivity contribution is 7.92. The van der Waals surface area contributed by atoms with Crippen molar-refractivity contribution < 1.29 is 13.2 Å². The first-order chi connectivity index (χ1) is 14.2. The fraction of sp³-hybridized carbons (Fsp3) is 0.136. The Kier molecular flexibility index (Phi) is 6.71. The fourth-order valence-corrected chi connectivity index (χ4v) is 4.49. The Labute approximate surface area is 186 Å². The molecule has 0 fully saturated rings. The summed E-state index contributed by atoms with van der Waals surface area (Å²) in [5.74, 6) is -0.510. The minimum Gasteiger partial charge on any atom is -0.324 e. The van der Waals surface area contributed by atoms with Gasteiger partial charge in [-0.15, -0.1) is 0 Å². The summed E-state index contributed by atoms with van der Waals surface area (Å²) >= 11 is 11.9. The van der Waals surface area contributed by atoms with Gasteiger partial charge in [-0.25, -0.2) is 8.42 Å². The predicted octanol–water partition coefficient (Wildman–Crippen LogP) is 5.44. The third-order valence-electron chi connectivity index (χ3n) is 4.42. The molecule has 0 heterocycles. The second-order valence-electron chi connectivity index (χ2n) is 6.84. The quantitative estimate of drug-likeness (QED) is 0.529. The maximum absolute atomic E-state index is 13.3. The summed E-state index contributed by atoms with van der Waals surface area (Å²) in [6.45, 7) is 3.37. The molecule has 0 spiro atoms. The van der Waals surface area contributed by atoms with Crippen LogP contribution in [0.1, 0.15) is 11.1 Å². The molecule has 1 N–H and O–H groups in total. The van der Waals surface area contributed by atoms with Gasteiger partial charge in [-0.05, 0) is 56.3 Å². The first-order valence-electron chi connectivity index (χ1n) is 9.08. The van der Waals surface area contributed by atoms with E-state index in [1.165, 1.54) is 18.2 Å². The zero-order valence-corrected chi connectivity index (χ0v) is 18.7. The van der Waals surface area contributed by atoms with Gasteiger partial charge in [0.1, 0.15) is 6.54 Å². The molecule has 0 saturated carbocycles. The van der Waals surface area contributed by atoms with Crippen LogP contribution in [0.4, 0.5) is 11.4 Å². The number of amides is 1. The Hall–Kier alpha value is -2.54. The molecule has 8 heteroatoms. The lowest BCUT2D eigenvalue weighted by Crippen LogP contribution is -2.38. The van der Waals surface area contributed by atoms with Crippen molar-refractivity contribution in [3.05, 3.63) is 87.9 Å². The molecule has 0 aliphatic heterocycles. The smallest absolute Gasteiger partial charge is 0.264 e. The lowest BCUT2D eigenvalue weighted by Gasteiger charge is -2.24. The number of sulfonamides is 1. The van der Waals surface area contributed by atoms with Crippen LogP contribution in [0.5, 0.6) is 0 Å². The maximum atomic E-state index is 13.3. The van der Waals surface area contributed by atoms with E-state index in [1.54, 1.807) is 48.5 Å². The molecule has 3 aromatic carbocycles. The van der Waals surface area contributed by atoms with E-state index in [-0.39, 0.29) is 9.92 Å². The number of carbonyl (C=O) groups is 1. The first-order valence-corrected chi connectivity index (χ1v) is 11.3. The van der Waals surface area contributed by atoms with Crippen molar-refractivity contribution in [2.75, 3.05) is 16.2 Å². The van der Waals surface area contributed by atoms with E-state index in [2.05, 4.69) is 5.32 Å². The van der Waals surface area contributed by atoms with Gasteiger partial charge in [-0.1, -0.05) is 58.6 Å². The molecule has 0 saturated heterocycles. The van der Waals surface area contributed by atoms with Gasteiger partial charge in [-0.3, -0.25) is 9.10 Å². The molecule has 0 bridgehead atoms. The summed E-state index contributed by atoms with van der Waals surface area (Å²) in [7, 11) is -3.96. The lowest BCUT2D eigenvalue weighted by atomic mass is 10.2. The average Bonchev–Trinajstić information content (AvgIpc) is 2.70. The Bertz CT molecular complexity index is 1160. The number of halogens is 2. The number of nitrogens with zero attached hydrogens (tertiary/aromatic N) is 1. The molecule has 0 aliphatic carbocycles. The molecule has 0 atom stereocenters. The SMILES string of the molecule is Cc1ccc(N(CC(=O)Nc2ccc(Cl)c(Cl)c2)S(=O)(=O)c2ccc(C)cc2)cc1. The summed E-state index contributed by atoms with van der Waals surface area (Å²) in [6, 6.07) is 18.1. The molecule has 3 rings (SSSR count). The standard InChI is InChI=1S/C22H20Cl2N2O3S/c1-15-3-8-18(9-4-15)26(30(28,29)19-10-5-16(2)6-11-19)14-22(27)25-17-7-12-20(23)21(24)13-17/h3-13H,14H2,1-2H3,(H,25,27). The van der Waals surface area contributed by atoms with Crippen LogP contribution in [-0.2, 0) is 14.8 Å². The van der Waals surface area contributed by atoms with Gasteiger partial charge in [0.05, 0.1) is 20.6 Å². The van der Waals surface area contributed by atoms with E-state index in [9.17, 15) is 13.2 Å². The van der Waals surface area contributed by atoms with Crippen LogP contribution in [-0.4, -0.2) is 20.9 Å². The minimum atomic E-state index is -3.96. The number of hydrogen-bond donors (Lipinski definition) is 1. The number of rotatable bonds is 6. The van der Waals surface area contributed by atoms with Crippen LogP contribution in [0.2, 0.25) is 10.0 Å². The number of aryl methyl sites for hydroxylation is 2. The second-order valence-corrected chi connectivity index (χ2v) is 9.51. The molecule has 0 aliphatic rings. The van der Waals surface area contributed by atoms with Gasteiger partial charge in [0.15, 0.2) is 0 Å². The van der Waals surface area contributed by atoms with Gasteiger partial charge in [-0.2, -0.15) is 0 Å². The normalized spacial score (nSPS) is 11.2. The van der Waals surface area contributed by atoms with Crippen LogP contribution >= 0.6 is 23.2 Å². The van der Waals surface area contributed by atoms with Crippen LogP contribution < -0.4 is 9.62 Å². The predicted molar refractivity (Wildman–Crippen MR) is 122 cm³/mol. The molecule has 30 heavy (non-hydrogen) atoms. The van der Waals surface area contributed by atoms with E-state index >= 15 is 0 Å². The third-order valence-corrected chi connectivity index (χ3v) is 6.95. The maximum Gasteiger partial charge on any atom is 0.264 e. The van der Waals surface area contributed by atoms with Crippen LogP contribution in [0, 0.1) is 13.8 Å².